The lowest BCUT2D eigenvalue weighted by Crippen LogP contribution is -2.33. The van der Waals surface area contributed by atoms with Crippen molar-refractivity contribution in [3.05, 3.63) is 41.0 Å². The molecule has 5 rings (SSSR count). The fourth-order valence-corrected chi connectivity index (χ4v) is 7.44. The van der Waals surface area contributed by atoms with E-state index in [1.54, 1.807) is 33.7 Å². The first-order valence-corrected chi connectivity index (χ1v) is 12.8. The molecule has 1 N–H and O–H groups in total. The van der Waals surface area contributed by atoms with Gasteiger partial charge in [-0.3, -0.25) is 4.79 Å². The Morgan fingerprint density at radius 1 is 1.03 bits per heavy atom. The van der Waals surface area contributed by atoms with Crippen molar-refractivity contribution in [1.29, 1.82) is 0 Å². The summed E-state index contributed by atoms with van der Waals surface area (Å²) in [6, 6.07) is 7.58. The third kappa shape index (κ3) is 3.33. The minimum Gasteiger partial charge on any atom is -0.502 e. The Bertz CT molecular complexity index is 1030. The Morgan fingerprint density at radius 3 is 2.31 bits per heavy atom. The van der Waals surface area contributed by atoms with Crippen LogP contribution in [0.4, 0.5) is 0 Å². The summed E-state index contributed by atoms with van der Waals surface area (Å²) in [6.07, 6.45) is 0. The second-order valence-electron chi connectivity index (χ2n) is 7.83. The van der Waals surface area contributed by atoms with Gasteiger partial charge < -0.3 is 28.8 Å². The van der Waals surface area contributed by atoms with Crippen LogP contribution in [0.1, 0.15) is 34.8 Å². The molecule has 1 fully saturated rings. The second-order valence-corrected chi connectivity index (χ2v) is 10.6. The Labute approximate surface area is 194 Å². The lowest BCUT2D eigenvalue weighted by Gasteiger charge is -2.38. The van der Waals surface area contributed by atoms with Crippen LogP contribution in [0.2, 0.25) is 0 Å². The van der Waals surface area contributed by atoms with Gasteiger partial charge in [0.05, 0.1) is 26.7 Å². The molecule has 2 aliphatic heterocycles. The van der Waals surface area contributed by atoms with E-state index in [4.69, 9.17) is 23.7 Å². The molecule has 0 saturated carbocycles. The maximum Gasteiger partial charge on any atom is 0.310 e. The quantitative estimate of drug-likeness (QED) is 0.478. The molecule has 0 radical (unpaired) electrons. The molecule has 0 unspecified atom stereocenters. The van der Waals surface area contributed by atoms with Gasteiger partial charge in [0.1, 0.15) is 0 Å². The zero-order chi connectivity index (χ0) is 22.4. The third-order valence-corrected chi connectivity index (χ3v) is 9.19. The number of benzene rings is 2. The number of carbonyl (C=O) groups excluding carboxylic acids is 1. The molecular formula is C23H24O7S2. The van der Waals surface area contributed by atoms with Gasteiger partial charge in [0.2, 0.25) is 12.5 Å². The molecule has 0 amide bonds. The van der Waals surface area contributed by atoms with Gasteiger partial charge in [-0.15, -0.1) is 0 Å². The molecule has 2 aromatic rings. The van der Waals surface area contributed by atoms with Crippen LogP contribution < -0.4 is 18.9 Å². The van der Waals surface area contributed by atoms with Crippen molar-refractivity contribution in [2.45, 2.75) is 18.1 Å². The third-order valence-electron chi connectivity index (χ3n) is 6.27. The van der Waals surface area contributed by atoms with E-state index in [1.807, 2.05) is 12.1 Å². The van der Waals surface area contributed by atoms with E-state index in [1.165, 1.54) is 14.2 Å². The highest BCUT2D eigenvalue weighted by Crippen LogP contribution is 2.60. The molecule has 2 aromatic carbocycles. The van der Waals surface area contributed by atoms with Crippen LogP contribution in [0, 0.1) is 11.8 Å². The summed E-state index contributed by atoms with van der Waals surface area (Å²) in [5.41, 5.74) is 2.94. The molecule has 9 heteroatoms. The number of carbonyl (C=O) groups is 1. The number of rotatable bonds is 6. The molecule has 2 heterocycles. The molecule has 0 bridgehead atoms. The summed E-state index contributed by atoms with van der Waals surface area (Å²) >= 11 is 0. The topological polar surface area (TPSA) is 83.5 Å². The normalized spacial score (nSPS) is 25.2. The summed E-state index contributed by atoms with van der Waals surface area (Å²) in [7, 11) is 6.54. The van der Waals surface area contributed by atoms with Crippen LogP contribution in [-0.4, -0.2) is 44.4 Å². The first-order chi connectivity index (χ1) is 15.6. The van der Waals surface area contributed by atoms with E-state index in [-0.39, 0.29) is 41.5 Å². The van der Waals surface area contributed by atoms with Crippen molar-refractivity contribution in [2.75, 3.05) is 33.4 Å². The number of hydrogen-bond acceptors (Lipinski definition) is 9. The van der Waals surface area contributed by atoms with Crippen LogP contribution >= 0.6 is 21.6 Å². The summed E-state index contributed by atoms with van der Waals surface area (Å²) in [6.45, 7) is 2.68. The number of hydrogen-bond donors (Lipinski definition) is 1. The van der Waals surface area contributed by atoms with Crippen molar-refractivity contribution >= 4 is 27.6 Å². The molecule has 1 aliphatic carbocycles. The monoisotopic (exact) mass is 476 g/mol. The van der Waals surface area contributed by atoms with Gasteiger partial charge in [-0.2, -0.15) is 0 Å². The lowest BCUT2D eigenvalue weighted by molar-refractivity contribution is -0.141. The van der Waals surface area contributed by atoms with Crippen molar-refractivity contribution in [3.63, 3.8) is 0 Å². The average Bonchev–Trinajstić information content (AvgIpc) is 3.42. The van der Waals surface area contributed by atoms with Gasteiger partial charge in [-0.1, -0.05) is 28.5 Å². The highest BCUT2D eigenvalue weighted by atomic mass is 33.1. The van der Waals surface area contributed by atoms with Gasteiger partial charge in [0, 0.05) is 22.8 Å². The second kappa shape index (κ2) is 8.51. The molecule has 0 aromatic heterocycles. The van der Waals surface area contributed by atoms with Crippen molar-refractivity contribution in [2.24, 2.45) is 11.8 Å². The molecule has 7 nitrogen and oxygen atoms in total. The summed E-state index contributed by atoms with van der Waals surface area (Å²) in [4.78, 5) is 13.0. The zero-order valence-electron chi connectivity index (χ0n) is 18.0. The van der Waals surface area contributed by atoms with Gasteiger partial charge in [0.15, 0.2) is 23.0 Å². The highest BCUT2D eigenvalue weighted by Gasteiger charge is 2.52. The maximum absolute atomic E-state index is 13.0. The van der Waals surface area contributed by atoms with Crippen LogP contribution in [0.15, 0.2) is 24.3 Å². The lowest BCUT2D eigenvalue weighted by atomic mass is 9.67. The van der Waals surface area contributed by atoms with Crippen molar-refractivity contribution < 1.29 is 33.6 Å². The SMILES string of the molecule is CCSS[C@@H]1c2cc3c(cc2[C@@H](c2cc(OC)c(O)c(OC)c2)[C@H]2C(=O)OC[C@@H]21)OCO3. The first kappa shape index (κ1) is 21.5. The fourth-order valence-electron chi connectivity index (χ4n) is 4.87. The largest absolute Gasteiger partial charge is 0.502 e. The summed E-state index contributed by atoms with van der Waals surface area (Å²) < 4.78 is 27.7. The predicted octanol–water partition coefficient (Wildman–Crippen LogP) is 4.52. The Kier molecular flexibility index (Phi) is 5.71. The minimum absolute atomic E-state index is 0.00946. The van der Waals surface area contributed by atoms with Crippen LogP contribution in [-0.2, 0) is 9.53 Å². The number of cyclic esters (lactones) is 1. The molecule has 4 atom stereocenters. The van der Waals surface area contributed by atoms with E-state index in [2.05, 4.69) is 6.92 Å². The van der Waals surface area contributed by atoms with Crippen molar-refractivity contribution in [1.82, 2.24) is 0 Å². The van der Waals surface area contributed by atoms with Gasteiger partial charge in [0.25, 0.3) is 0 Å². The van der Waals surface area contributed by atoms with Gasteiger partial charge >= 0.3 is 5.97 Å². The van der Waals surface area contributed by atoms with Crippen LogP contribution in [0.5, 0.6) is 28.7 Å². The number of aromatic hydroxyl groups is 1. The number of phenols is 1. The summed E-state index contributed by atoms with van der Waals surface area (Å²) in [5, 5.41) is 10.5. The Balaban J connectivity index is 1.72. The van der Waals surface area contributed by atoms with Crippen LogP contribution in [0.3, 0.4) is 0 Å². The number of ether oxygens (including phenoxy) is 5. The van der Waals surface area contributed by atoms with Gasteiger partial charge in [-0.05, 0) is 41.0 Å². The zero-order valence-corrected chi connectivity index (χ0v) is 19.6. The van der Waals surface area contributed by atoms with E-state index >= 15 is 0 Å². The standard InChI is InChI=1S/C23H24O7S2/c1-4-31-32-22-13-8-16-15(29-10-30-16)7-12(13)19(20-14(22)9-28-23(20)25)11-5-17(26-2)21(24)18(6-11)27-3/h5-8,14,19-20,22,24H,4,9-10H2,1-3H3/t14-,19+,20-,22+/m0/s1. The molecule has 32 heavy (non-hydrogen) atoms. The van der Waals surface area contributed by atoms with Crippen molar-refractivity contribution in [3.8, 4) is 28.7 Å². The van der Waals surface area contributed by atoms with E-state index in [0.29, 0.717) is 23.9 Å². The summed E-state index contributed by atoms with van der Waals surface area (Å²) in [5.74, 6) is 2.01. The predicted molar refractivity (Wildman–Crippen MR) is 122 cm³/mol. The molecular weight excluding hydrogens is 452 g/mol. The number of esters is 1. The molecule has 170 valence electrons. The van der Waals surface area contributed by atoms with E-state index in [0.717, 1.165) is 28.2 Å². The minimum atomic E-state index is -0.364. The fraction of sp³-hybridized carbons (Fsp3) is 0.435. The number of fused-ring (bicyclic) bond motifs is 3. The maximum atomic E-state index is 13.0. The van der Waals surface area contributed by atoms with Crippen LogP contribution in [0.25, 0.3) is 0 Å². The first-order valence-electron chi connectivity index (χ1n) is 10.4. The smallest absolute Gasteiger partial charge is 0.310 e. The Hall–Kier alpha value is -2.39. The number of methoxy groups -OCH3 is 2. The molecule has 0 spiro atoms. The van der Waals surface area contributed by atoms with E-state index < -0.39 is 0 Å². The van der Waals surface area contributed by atoms with E-state index in [9.17, 15) is 9.90 Å². The molecule has 1 saturated heterocycles. The number of phenolic OH excluding ortho intramolecular Hbond substituents is 1. The highest BCUT2D eigenvalue weighted by molar-refractivity contribution is 8.76. The van der Waals surface area contributed by atoms with Gasteiger partial charge in [-0.25, -0.2) is 0 Å². The Morgan fingerprint density at radius 2 is 1.69 bits per heavy atom. The average molecular weight is 477 g/mol. The molecule has 3 aliphatic rings.